The van der Waals surface area contributed by atoms with E-state index in [4.69, 9.17) is 0 Å². The lowest BCUT2D eigenvalue weighted by molar-refractivity contribution is 0.464. The highest BCUT2D eigenvalue weighted by molar-refractivity contribution is 5.31. The lowest BCUT2D eigenvalue weighted by Gasteiger charge is -2.05. The van der Waals surface area contributed by atoms with Crippen LogP contribution in [0.25, 0.3) is 0 Å². The van der Waals surface area contributed by atoms with Gasteiger partial charge in [-0.3, -0.25) is 0 Å². The SMILES string of the molecule is [CH2]C(C)Cc1ccccc1O. The van der Waals surface area contributed by atoms with Gasteiger partial charge in [0.15, 0.2) is 0 Å². The highest BCUT2D eigenvalue weighted by Gasteiger charge is 2.01. The molecule has 0 aliphatic rings. The zero-order valence-electron chi connectivity index (χ0n) is 6.75. The summed E-state index contributed by atoms with van der Waals surface area (Å²) in [4.78, 5) is 0. The van der Waals surface area contributed by atoms with E-state index in [1.807, 2.05) is 25.1 Å². The Hall–Kier alpha value is -0.980. The minimum atomic E-state index is 0.350. The molecule has 11 heavy (non-hydrogen) atoms. The molecule has 1 radical (unpaired) electrons. The first-order valence-corrected chi connectivity index (χ1v) is 3.80. The fraction of sp³-hybridized carbons (Fsp3) is 0.300. The number of aromatic hydroxyl groups is 1. The van der Waals surface area contributed by atoms with Gasteiger partial charge in [0, 0.05) is 0 Å². The van der Waals surface area contributed by atoms with Crippen LogP contribution in [0.3, 0.4) is 0 Å². The molecule has 0 saturated carbocycles. The van der Waals surface area contributed by atoms with Gasteiger partial charge in [-0.2, -0.15) is 0 Å². The minimum Gasteiger partial charge on any atom is -0.508 e. The van der Waals surface area contributed by atoms with Crippen LogP contribution in [0.15, 0.2) is 24.3 Å². The predicted octanol–water partition coefficient (Wildman–Crippen LogP) is 2.40. The Morgan fingerprint density at radius 2 is 2.09 bits per heavy atom. The summed E-state index contributed by atoms with van der Waals surface area (Å²) in [5, 5.41) is 9.33. The Bertz CT molecular complexity index is 228. The monoisotopic (exact) mass is 149 g/mol. The molecular weight excluding hydrogens is 136 g/mol. The molecule has 0 saturated heterocycles. The second-order valence-electron chi connectivity index (χ2n) is 2.94. The van der Waals surface area contributed by atoms with Crippen LogP contribution in [0.5, 0.6) is 5.75 Å². The standard InChI is InChI=1S/C10H13O/c1-8(2)7-9-5-3-4-6-10(9)11/h3-6,8,11H,1,7H2,2H3. The summed E-state index contributed by atoms with van der Waals surface area (Å²) in [5.41, 5.74) is 0.981. The summed E-state index contributed by atoms with van der Waals surface area (Å²) in [7, 11) is 0. The lowest BCUT2D eigenvalue weighted by atomic mass is 10.0. The fourth-order valence-corrected chi connectivity index (χ4v) is 1.06. The smallest absolute Gasteiger partial charge is 0.118 e. The average Bonchev–Trinajstić information content (AvgIpc) is 1.93. The maximum atomic E-state index is 9.33. The molecule has 0 amide bonds. The normalized spacial score (nSPS) is 10.5. The molecule has 1 rings (SSSR count). The van der Waals surface area contributed by atoms with Gasteiger partial charge < -0.3 is 5.11 Å². The van der Waals surface area contributed by atoms with Gasteiger partial charge in [0.05, 0.1) is 0 Å². The van der Waals surface area contributed by atoms with E-state index in [0.29, 0.717) is 11.7 Å². The van der Waals surface area contributed by atoms with E-state index in [0.717, 1.165) is 12.0 Å². The van der Waals surface area contributed by atoms with Crippen LogP contribution in [-0.4, -0.2) is 5.11 Å². The van der Waals surface area contributed by atoms with E-state index in [1.165, 1.54) is 0 Å². The predicted molar refractivity (Wildman–Crippen MR) is 46.3 cm³/mol. The summed E-state index contributed by atoms with van der Waals surface area (Å²) in [6.07, 6.45) is 0.840. The van der Waals surface area contributed by atoms with Crippen LogP contribution < -0.4 is 0 Å². The molecule has 0 aliphatic heterocycles. The quantitative estimate of drug-likeness (QED) is 0.684. The van der Waals surface area contributed by atoms with Crippen LogP contribution in [0.1, 0.15) is 12.5 Å². The molecule has 0 bridgehead atoms. The van der Waals surface area contributed by atoms with Gasteiger partial charge in [-0.1, -0.05) is 32.0 Å². The lowest BCUT2D eigenvalue weighted by Crippen LogP contribution is -1.93. The number of hydrogen-bond acceptors (Lipinski definition) is 1. The maximum Gasteiger partial charge on any atom is 0.118 e. The van der Waals surface area contributed by atoms with Crippen molar-refractivity contribution in [1.29, 1.82) is 0 Å². The van der Waals surface area contributed by atoms with E-state index >= 15 is 0 Å². The summed E-state index contributed by atoms with van der Waals surface area (Å²) >= 11 is 0. The van der Waals surface area contributed by atoms with Crippen molar-refractivity contribution >= 4 is 0 Å². The van der Waals surface area contributed by atoms with Gasteiger partial charge in [0.1, 0.15) is 5.75 Å². The first-order chi connectivity index (χ1) is 5.20. The third-order valence-corrected chi connectivity index (χ3v) is 1.56. The van der Waals surface area contributed by atoms with Crippen LogP contribution in [0.2, 0.25) is 0 Å². The van der Waals surface area contributed by atoms with Crippen molar-refractivity contribution < 1.29 is 5.11 Å². The molecule has 1 aromatic rings. The van der Waals surface area contributed by atoms with Gasteiger partial charge in [-0.05, 0) is 24.0 Å². The number of benzene rings is 1. The van der Waals surface area contributed by atoms with E-state index in [9.17, 15) is 5.11 Å². The molecule has 0 spiro atoms. The summed E-state index contributed by atoms with van der Waals surface area (Å²) in [6, 6.07) is 7.39. The number of phenols is 1. The van der Waals surface area contributed by atoms with Crippen molar-refractivity contribution in [2.24, 2.45) is 5.92 Å². The number of phenolic OH excluding ortho intramolecular Hbond substituents is 1. The van der Waals surface area contributed by atoms with Crippen molar-refractivity contribution in [3.8, 4) is 5.75 Å². The Kier molecular flexibility index (Phi) is 2.53. The number of para-hydroxylation sites is 1. The second-order valence-corrected chi connectivity index (χ2v) is 2.94. The second kappa shape index (κ2) is 3.42. The molecule has 0 aliphatic carbocycles. The molecular formula is C10H13O. The van der Waals surface area contributed by atoms with E-state index in [2.05, 4.69) is 6.92 Å². The molecule has 1 nitrogen and oxygen atoms in total. The topological polar surface area (TPSA) is 20.2 Å². The summed E-state index contributed by atoms with van der Waals surface area (Å²) in [6.45, 7) is 5.90. The maximum absolute atomic E-state index is 9.33. The van der Waals surface area contributed by atoms with Crippen LogP contribution in [0.4, 0.5) is 0 Å². The van der Waals surface area contributed by atoms with Crippen LogP contribution >= 0.6 is 0 Å². The Balaban J connectivity index is 2.78. The summed E-state index contributed by atoms with van der Waals surface area (Å²) < 4.78 is 0. The Morgan fingerprint density at radius 1 is 1.45 bits per heavy atom. The van der Waals surface area contributed by atoms with E-state index < -0.39 is 0 Å². The van der Waals surface area contributed by atoms with Crippen molar-refractivity contribution in [1.82, 2.24) is 0 Å². The summed E-state index contributed by atoms with van der Waals surface area (Å²) in [5.74, 6) is 0.728. The highest BCUT2D eigenvalue weighted by atomic mass is 16.3. The fourth-order valence-electron chi connectivity index (χ4n) is 1.06. The minimum absolute atomic E-state index is 0.350. The van der Waals surface area contributed by atoms with E-state index in [-0.39, 0.29) is 0 Å². The zero-order chi connectivity index (χ0) is 8.27. The first kappa shape index (κ1) is 8.12. The van der Waals surface area contributed by atoms with Gasteiger partial charge in [0.2, 0.25) is 0 Å². The largest absolute Gasteiger partial charge is 0.508 e. The van der Waals surface area contributed by atoms with Crippen molar-refractivity contribution in [2.75, 3.05) is 0 Å². The third-order valence-electron chi connectivity index (χ3n) is 1.56. The van der Waals surface area contributed by atoms with Crippen LogP contribution in [0, 0.1) is 12.8 Å². The molecule has 0 aromatic heterocycles. The zero-order valence-corrected chi connectivity index (χ0v) is 6.75. The average molecular weight is 149 g/mol. The van der Waals surface area contributed by atoms with Gasteiger partial charge in [-0.25, -0.2) is 0 Å². The van der Waals surface area contributed by atoms with Crippen LogP contribution in [-0.2, 0) is 6.42 Å². The molecule has 1 unspecified atom stereocenters. The molecule has 0 heterocycles. The van der Waals surface area contributed by atoms with Gasteiger partial charge in [0.25, 0.3) is 0 Å². The van der Waals surface area contributed by atoms with Crippen molar-refractivity contribution in [3.63, 3.8) is 0 Å². The Labute approximate surface area is 67.7 Å². The van der Waals surface area contributed by atoms with Crippen molar-refractivity contribution in [3.05, 3.63) is 36.8 Å². The van der Waals surface area contributed by atoms with Gasteiger partial charge in [-0.15, -0.1) is 0 Å². The first-order valence-electron chi connectivity index (χ1n) is 3.80. The molecule has 1 N–H and O–H groups in total. The Morgan fingerprint density at radius 3 is 2.64 bits per heavy atom. The van der Waals surface area contributed by atoms with Gasteiger partial charge >= 0.3 is 0 Å². The van der Waals surface area contributed by atoms with Crippen molar-refractivity contribution in [2.45, 2.75) is 13.3 Å². The molecule has 1 aromatic carbocycles. The molecule has 1 heteroatoms. The molecule has 1 atom stereocenters. The molecule has 59 valence electrons. The molecule has 0 fully saturated rings. The number of hydrogen-bond donors (Lipinski definition) is 1. The van der Waals surface area contributed by atoms with E-state index in [1.54, 1.807) is 6.07 Å². The highest BCUT2D eigenvalue weighted by Crippen LogP contribution is 2.18. The number of rotatable bonds is 2. The third kappa shape index (κ3) is 2.26.